The summed E-state index contributed by atoms with van der Waals surface area (Å²) in [7, 11) is 3.04. The monoisotopic (exact) mass is 367 g/mol. The van der Waals surface area contributed by atoms with E-state index in [4.69, 9.17) is 14.0 Å². The number of benzene rings is 2. The molecule has 0 unspecified atom stereocenters. The standard InChI is InChI=1S/C20H21N3O4/c1-25-15-10-6-11-16(26-2)18(15)20(24)21-13-7-12-17-22-19(23-27-17)14-8-4-3-5-9-14/h3-6,8-11H,7,12-13H2,1-2H3,(H,21,24). The van der Waals surface area contributed by atoms with Gasteiger partial charge in [-0.15, -0.1) is 0 Å². The minimum absolute atomic E-state index is 0.250. The van der Waals surface area contributed by atoms with Gasteiger partial charge in [0.1, 0.15) is 17.1 Å². The Morgan fingerprint density at radius 2 is 1.74 bits per heavy atom. The average Bonchev–Trinajstić information content (AvgIpc) is 3.20. The fourth-order valence-corrected chi connectivity index (χ4v) is 2.67. The van der Waals surface area contributed by atoms with Crippen molar-refractivity contribution in [3.05, 3.63) is 60.0 Å². The highest BCUT2D eigenvalue weighted by Crippen LogP contribution is 2.27. The number of nitrogens with one attached hydrogen (secondary N) is 1. The van der Waals surface area contributed by atoms with E-state index in [1.54, 1.807) is 18.2 Å². The van der Waals surface area contributed by atoms with E-state index in [0.29, 0.717) is 48.2 Å². The summed E-state index contributed by atoms with van der Waals surface area (Å²) < 4.78 is 15.8. The molecule has 0 aliphatic carbocycles. The molecule has 0 saturated heterocycles. The van der Waals surface area contributed by atoms with Gasteiger partial charge in [0, 0.05) is 18.5 Å². The van der Waals surface area contributed by atoms with E-state index in [1.165, 1.54) is 14.2 Å². The van der Waals surface area contributed by atoms with Gasteiger partial charge in [0.25, 0.3) is 5.91 Å². The van der Waals surface area contributed by atoms with Crippen LogP contribution < -0.4 is 14.8 Å². The van der Waals surface area contributed by atoms with Crippen LogP contribution in [0, 0.1) is 0 Å². The van der Waals surface area contributed by atoms with E-state index in [1.807, 2.05) is 30.3 Å². The van der Waals surface area contributed by atoms with Crippen molar-refractivity contribution in [3.63, 3.8) is 0 Å². The minimum Gasteiger partial charge on any atom is -0.496 e. The Balaban J connectivity index is 1.54. The van der Waals surface area contributed by atoms with Crippen LogP contribution in [-0.2, 0) is 6.42 Å². The van der Waals surface area contributed by atoms with Gasteiger partial charge in [-0.1, -0.05) is 41.6 Å². The first-order chi connectivity index (χ1) is 13.2. The summed E-state index contributed by atoms with van der Waals surface area (Å²) in [4.78, 5) is 16.9. The van der Waals surface area contributed by atoms with Gasteiger partial charge in [0.15, 0.2) is 0 Å². The molecule has 0 bridgehead atoms. The van der Waals surface area contributed by atoms with Gasteiger partial charge in [-0.25, -0.2) is 0 Å². The quantitative estimate of drug-likeness (QED) is 0.616. The molecule has 7 nitrogen and oxygen atoms in total. The molecule has 0 aliphatic rings. The highest BCUT2D eigenvalue weighted by atomic mass is 16.5. The van der Waals surface area contributed by atoms with Crippen LogP contribution in [-0.4, -0.2) is 36.8 Å². The molecular formula is C20H21N3O4. The van der Waals surface area contributed by atoms with Crippen LogP contribution in [0.1, 0.15) is 22.7 Å². The third-order valence-electron chi connectivity index (χ3n) is 4.01. The number of methoxy groups -OCH3 is 2. The fraction of sp³-hybridized carbons (Fsp3) is 0.250. The molecule has 1 heterocycles. The predicted octanol–water partition coefficient (Wildman–Crippen LogP) is 3.12. The van der Waals surface area contributed by atoms with Gasteiger partial charge >= 0.3 is 0 Å². The Morgan fingerprint density at radius 3 is 2.41 bits per heavy atom. The highest BCUT2D eigenvalue weighted by Gasteiger charge is 2.17. The second-order valence-corrected chi connectivity index (χ2v) is 5.77. The smallest absolute Gasteiger partial charge is 0.258 e. The molecule has 1 aromatic heterocycles. The van der Waals surface area contributed by atoms with E-state index in [9.17, 15) is 4.79 Å². The number of aryl methyl sites for hydroxylation is 1. The van der Waals surface area contributed by atoms with Crippen LogP contribution in [0.15, 0.2) is 53.1 Å². The number of carbonyl (C=O) groups excluding carboxylic acids is 1. The largest absolute Gasteiger partial charge is 0.496 e. The first-order valence-electron chi connectivity index (χ1n) is 8.60. The van der Waals surface area contributed by atoms with Crippen molar-refractivity contribution in [3.8, 4) is 22.9 Å². The number of ether oxygens (including phenoxy) is 2. The van der Waals surface area contributed by atoms with Crippen LogP contribution in [0.4, 0.5) is 0 Å². The highest BCUT2D eigenvalue weighted by molar-refractivity contribution is 5.99. The molecule has 3 rings (SSSR count). The predicted molar refractivity (Wildman–Crippen MR) is 99.9 cm³/mol. The van der Waals surface area contributed by atoms with Crippen molar-refractivity contribution in [2.75, 3.05) is 20.8 Å². The van der Waals surface area contributed by atoms with Crippen molar-refractivity contribution in [2.45, 2.75) is 12.8 Å². The summed E-state index contributed by atoms with van der Waals surface area (Å²) in [5.41, 5.74) is 1.29. The van der Waals surface area contributed by atoms with E-state index >= 15 is 0 Å². The number of hydrogen-bond acceptors (Lipinski definition) is 6. The van der Waals surface area contributed by atoms with Crippen LogP contribution in [0.2, 0.25) is 0 Å². The third-order valence-corrected chi connectivity index (χ3v) is 4.01. The lowest BCUT2D eigenvalue weighted by Crippen LogP contribution is -2.25. The molecule has 1 N–H and O–H groups in total. The lowest BCUT2D eigenvalue weighted by molar-refractivity contribution is 0.0946. The lowest BCUT2D eigenvalue weighted by atomic mass is 10.1. The zero-order chi connectivity index (χ0) is 19.1. The third kappa shape index (κ3) is 4.44. The summed E-state index contributed by atoms with van der Waals surface area (Å²) >= 11 is 0. The van der Waals surface area contributed by atoms with Gasteiger partial charge in [-0.3, -0.25) is 4.79 Å². The van der Waals surface area contributed by atoms with Crippen LogP contribution >= 0.6 is 0 Å². The van der Waals surface area contributed by atoms with Gasteiger partial charge < -0.3 is 19.3 Å². The summed E-state index contributed by atoms with van der Waals surface area (Å²) in [5.74, 6) is 1.79. The molecule has 140 valence electrons. The summed E-state index contributed by atoms with van der Waals surface area (Å²) in [6.07, 6.45) is 1.24. The number of aromatic nitrogens is 2. The normalized spacial score (nSPS) is 10.4. The molecular weight excluding hydrogens is 346 g/mol. The molecule has 0 saturated carbocycles. The Hall–Kier alpha value is -3.35. The lowest BCUT2D eigenvalue weighted by Gasteiger charge is -2.12. The Morgan fingerprint density at radius 1 is 1.04 bits per heavy atom. The van der Waals surface area contributed by atoms with E-state index in [-0.39, 0.29) is 5.91 Å². The molecule has 7 heteroatoms. The van der Waals surface area contributed by atoms with Crippen molar-refractivity contribution in [1.82, 2.24) is 15.5 Å². The van der Waals surface area contributed by atoms with Crippen molar-refractivity contribution in [2.24, 2.45) is 0 Å². The van der Waals surface area contributed by atoms with Crippen LogP contribution in [0.25, 0.3) is 11.4 Å². The molecule has 2 aromatic carbocycles. The second kappa shape index (κ2) is 8.84. The maximum Gasteiger partial charge on any atom is 0.258 e. The summed E-state index contributed by atoms with van der Waals surface area (Å²) in [6.45, 7) is 0.461. The Kier molecular flexibility index (Phi) is 6.04. The van der Waals surface area contributed by atoms with Crippen molar-refractivity contribution < 1.29 is 18.8 Å². The fourth-order valence-electron chi connectivity index (χ4n) is 2.67. The zero-order valence-corrected chi connectivity index (χ0v) is 15.3. The minimum atomic E-state index is -0.250. The van der Waals surface area contributed by atoms with Gasteiger partial charge in [-0.2, -0.15) is 4.98 Å². The van der Waals surface area contributed by atoms with Gasteiger partial charge in [0.05, 0.1) is 14.2 Å². The zero-order valence-electron chi connectivity index (χ0n) is 15.3. The van der Waals surface area contributed by atoms with Crippen LogP contribution in [0.3, 0.4) is 0 Å². The number of hydrogen-bond donors (Lipinski definition) is 1. The van der Waals surface area contributed by atoms with Crippen molar-refractivity contribution >= 4 is 5.91 Å². The maximum absolute atomic E-state index is 12.5. The number of amides is 1. The number of rotatable bonds is 8. The topological polar surface area (TPSA) is 86.5 Å². The van der Waals surface area contributed by atoms with E-state index in [0.717, 1.165) is 5.56 Å². The molecule has 0 atom stereocenters. The molecule has 1 amide bonds. The first kappa shape index (κ1) is 18.4. The maximum atomic E-state index is 12.5. The van der Waals surface area contributed by atoms with E-state index in [2.05, 4.69) is 15.5 Å². The molecule has 27 heavy (non-hydrogen) atoms. The van der Waals surface area contributed by atoms with Crippen LogP contribution in [0.5, 0.6) is 11.5 Å². The first-order valence-corrected chi connectivity index (χ1v) is 8.60. The SMILES string of the molecule is COc1cccc(OC)c1C(=O)NCCCc1nc(-c2ccccc2)no1. The number of carbonyl (C=O) groups is 1. The second-order valence-electron chi connectivity index (χ2n) is 5.77. The summed E-state index contributed by atoms with van der Waals surface area (Å²) in [5, 5.41) is 6.86. The van der Waals surface area contributed by atoms with Gasteiger partial charge in [0.2, 0.25) is 11.7 Å². The van der Waals surface area contributed by atoms with E-state index < -0.39 is 0 Å². The summed E-state index contributed by atoms with van der Waals surface area (Å²) in [6, 6.07) is 14.9. The van der Waals surface area contributed by atoms with Gasteiger partial charge in [-0.05, 0) is 18.6 Å². The molecule has 0 radical (unpaired) electrons. The molecule has 0 aliphatic heterocycles. The molecule has 3 aromatic rings. The molecule has 0 spiro atoms. The Labute approximate surface area is 157 Å². The number of nitrogens with zero attached hydrogens (tertiary/aromatic N) is 2. The van der Waals surface area contributed by atoms with Crippen molar-refractivity contribution in [1.29, 1.82) is 0 Å². The Bertz CT molecular complexity index is 871. The molecule has 0 fully saturated rings. The average molecular weight is 367 g/mol.